The molecule has 0 aliphatic carbocycles. The third kappa shape index (κ3) is 3.49. The molecule has 4 heterocycles. The summed E-state index contributed by atoms with van der Waals surface area (Å²) in [6.45, 7) is 6.77. The van der Waals surface area contributed by atoms with E-state index in [1.165, 1.54) is 0 Å². The number of aliphatic hydroxyl groups excluding tert-OH is 1. The topological polar surface area (TPSA) is 76.3 Å². The molecule has 0 unspecified atom stereocenters. The van der Waals surface area contributed by atoms with Crippen molar-refractivity contribution in [3.8, 4) is 0 Å². The fraction of sp³-hybridized carbons (Fsp3) is 0.346. The van der Waals surface area contributed by atoms with Gasteiger partial charge in [-0.2, -0.15) is 0 Å². The standard InChI is InChI=1S/C26H28N3O3/c1-2-19-17-29(16-18-7-9-21(10-8-18)28(31)32)14-12-20(19)15-25(29)26(30)23-11-13-27-24-6-4-3-5-22(23)24/h2-11,13,19-20,25-26,30H,1,12,14-17H2/q+1/t19-,20-,25+,26-,29+/m0/s1. The second kappa shape index (κ2) is 8.11. The fourth-order valence-electron chi connectivity index (χ4n) is 6.05. The van der Waals surface area contributed by atoms with Crippen molar-refractivity contribution in [2.45, 2.75) is 31.5 Å². The minimum absolute atomic E-state index is 0.0611. The van der Waals surface area contributed by atoms with Crippen LogP contribution in [0.5, 0.6) is 0 Å². The number of nitro groups is 1. The van der Waals surface area contributed by atoms with Gasteiger partial charge >= 0.3 is 0 Å². The van der Waals surface area contributed by atoms with Crippen molar-refractivity contribution < 1.29 is 14.5 Å². The predicted octanol–water partition coefficient (Wildman–Crippen LogP) is 4.79. The van der Waals surface area contributed by atoms with Crippen LogP contribution >= 0.6 is 0 Å². The van der Waals surface area contributed by atoms with Gasteiger partial charge in [0.15, 0.2) is 0 Å². The summed E-state index contributed by atoms with van der Waals surface area (Å²) in [6, 6.07) is 16.9. The molecule has 3 aromatic rings. The van der Waals surface area contributed by atoms with Gasteiger partial charge in [0.25, 0.3) is 5.69 Å². The van der Waals surface area contributed by atoms with Crippen LogP contribution in [0.25, 0.3) is 10.9 Å². The van der Waals surface area contributed by atoms with Gasteiger partial charge in [-0.25, -0.2) is 0 Å². The summed E-state index contributed by atoms with van der Waals surface area (Å²) in [4.78, 5) is 15.2. The van der Waals surface area contributed by atoms with Crippen molar-refractivity contribution in [3.63, 3.8) is 0 Å². The zero-order chi connectivity index (χ0) is 22.3. The van der Waals surface area contributed by atoms with Crippen molar-refractivity contribution in [2.75, 3.05) is 13.1 Å². The number of hydrogen-bond donors (Lipinski definition) is 1. The number of hydrogen-bond acceptors (Lipinski definition) is 4. The molecule has 164 valence electrons. The molecule has 6 heteroatoms. The van der Waals surface area contributed by atoms with Crippen LogP contribution in [0.3, 0.4) is 0 Å². The number of piperidine rings is 3. The fourth-order valence-corrected chi connectivity index (χ4v) is 6.05. The van der Waals surface area contributed by atoms with E-state index >= 15 is 0 Å². The van der Waals surface area contributed by atoms with Crippen molar-refractivity contribution in [1.82, 2.24) is 4.98 Å². The van der Waals surface area contributed by atoms with Crippen LogP contribution < -0.4 is 0 Å². The van der Waals surface area contributed by atoms with Crippen LogP contribution in [0, 0.1) is 22.0 Å². The molecule has 3 saturated heterocycles. The van der Waals surface area contributed by atoms with Gasteiger partial charge < -0.3 is 9.59 Å². The normalized spacial score (nSPS) is 27.8. The van der Waals surface area contributed by atoms with E-state index in [9.17, 15) is 15.2 Å². The van der Waals surface area contributed by atoms with E-state index in [-0.39, 0.29) is 16.7 Å². The van der Waals surface area contributed by atoms with Crippen molar-refractivity contribution >= 4 is 16.6 Å². The van der Waals surface area contributed by atoms with E-state index in [0.717, 1.165) is 59.0 Å². The molecule has 2 bridgehead atoms. The van der Waals surface area contributed by atoms with Gasteiger partial charge in [0.05, 0.1) is 23.5 Å². The number of aliphatic hydroxyl groups is 1. The van der Waals surface area contributed by atoms with E-state index in [0.29, 0.717) is 11.8 Å². The highest BCUT2D eigenvalue weighted by Crippen LogP contribution is 2.48. The highest BCUT2D eigenvalue weighted by Gasteiger charge is 2.54. The number of aromatic nitrogens is 1. The van der Waals surface area contributed by atoms with E-state index in [4.69, 9.17) is 0 Å². The summed E-state index contributed by atoms with van der Waals surface area (Å²) in [6.07, 6.45) is 5.32. The molecule has 3 fully saturated rings. The first-order valence-electron chi connectivity index (χ1n) is 11.2. The maximum absolute atomic E-state index is 11.7. The maximum atomic E-state index is 11.7. The number of pyridine rings is 1. The lowest BCUT2D eigenvalue weighted by molar-refractivity contribution is -0.984. The first-order chi connectivity index (χ1) is 15.5. The number of para-hydroxylation sites is 1. The summed E-state index contributed by atoms with van der Waals surface area (Å²) in [7, 11) is 0. The molecule has 2 aromatic carbocycles. The molecule has 32 heavy (non-hydrogen) atoms. The zero-order valence-corrected chi connectivity index (χ0v) is 18.0. The summed E-state index contributed by atoms with van der Waals surface area (Å²) < 4.78 is 0.781. The molecule has 0 spiro atoms. The van der Waals surface area contributed by atoms with Crippen molar-refractivity contribution in [2.24, 2.45) is 11.8 Å². The summed E-state index contributed by atoms with van der Waals surface area (Å²) in [5.41, 5.74) is 3.00. The van der Waals surface area contributed by atoms with Crippen LogP contribution in [-0.4, -0.2) is 38.6 Å². The Bertz CT molecular complexity index is 1160. The van der Waals surface area contributed by atoms with E-state index in [2.05, 4.69) is 17.6 Å². The van der Waals surface area contributed by atoms with Crippen LogP contribution in [0.4, 0.5) is 5.69 Å². The number of fused-ring (bicyclic) bond motifs is 4. The number of quaternary nitrogens is 1. The average Bonchev–Trinajstić information content (AvgIpc) is 2.83. The average molecular weight is 431 g/mol. The zero-order valence-electron chi connectivity index (χ0n) is 18.0. The van der Waals surface area contributed by atoms with Gasteiger partial charge in [-0.15, -0.1) is 6.58 Å². The highest BCUT2D eigenvalue weighted by molar-refractivity contribution is 5.82. The Morgan fingerprint density at radius 1 is 1.22 bits per heavy atom. The Morgan fingerprint density at radius 3 is 2.75 bits per heavy atom. The van der Waals surface area contributed by atoms with Gasteiger partial charge in [-0.05, 0) is 35.7 Å². The lowest BCUT2D eigenvalue weighted by Gasteiger charge is -2.58. The molecule has 6 nitrogen and oxygen atoms in total. The Kier molecular flexibility index (Phi) is 5.27. The van der Waals surface area contributed by atoms with Gasteiger partial charge in [-0.3, -0.25) is 15.1 Å². The summed E-state index contributed by atoms with van der Waals surface area (Å²) >= 11 is 0. The highest BCUT2D eigenvalue weighted by atomic mass is 16.6. The molecule has 6 rings (SSSR count). The second-order valence-corrected chi connectivity index (χ2v) is 9.32. The van der Waals surface area contributed by atoms with Crippen molar-refractivity contribution in [3.05, 3.63) is 94.7 Å². The smallest absolute Gasteiger partial charge is 0.269 e. The van der Waals surface area contributed by atoms with Crippen LogP contribution in [-0.2, 0) is 6.54 Å². The summed E-state index contributed by atoms with van der Waals surface area (Å²) in [5, 5.41) is 23.8. The SMILES string of the molecule is C=C[C@H]1C[N@+]2(Cc3ccc([N+](=O)[O-])cc3)CC[C@H]1C[C@@H]2[C@@H](O)c1ccnc2ccccc12. The first-order valence-corrected chi connectivity index (χ1v) is 11.2. The summed E-state index contributed by atoms with van der Waals surface area (Å²) in [5.74, 6) is 0.969. The van der Waals surface area contributed by atoms with Crippen LogP contribution in [0.15, 0.2) is 73.4 Å². The van der Waals surface area contributed by atoms with Gasteiger partial charge in [0, 0.05) is 48.0 Å². The molecule has 5 atom stereocenters. The Balaban J connectivity index is 1.52. The molecule has 0 radical (unpaired) electrons. The minimum atomic E-state index is -0.602. The predicted molar refractivity (Wildman–Crippen MR) is 124 cm³/mol. The molecular weight excluding hydrogens is 402 g/mol. The van der Waals surface area contributed by atoms with Gasteiger partial charge in [-0.1, -0.05) is 24.3 Å². The third-order valence-corrected chi connectivity index (χ3v) is 7.69. The number of benzene rings is 2. The van der Waals surface area contributed by atoms with Crippen molar-refractivity contribution in [1.29, 1.82) is 0 Å². The second-order valence-electron chi connectivity index (χ2n) is 9.32. The third-order valence-electron chi connectivity index (χ3n) is 7.69. The molecule has 3 aliphatic rings. The number of non-ortho nitro benzene ring substituents is 1. The lowest BCUT2D eigenvalue weighted by atomic mass is 9.71. The minimum Gasteiger partial charge on any atom is -0.382 e. The van der Waals surface area contributed by atoms with E-state index in [1.807, 2.05) is 42.5 Å². The molecule has 1 N–H and O–H groups in total. The number of nitro benzene ring substituents is 1. The van der Waals surface area contributed by atoms with E-state index in [1.54, 1.807) is 18.3 Å². The van der Waals surface area contributed by atoms with E-state index < -0.39 is 6.10 Å². The lowest BCUT2D eigenvalue weighted by Crippen LogP contribution is -2.67. The van der Waals surface area contributed by atoms with Gasteiger partial charge in [0.1, 0.15) is 18.7 Å². The molecular formula is C26H28N3O3+. The van der Waals surface area contributed by atoms with Crippen LogP contribution in [0.2, 0.25) is 0 Å². The molecule has 0 amide bonds. The monoisotopic (exact) mass is 430 g/mol. The van der Waals surface area contributed by atoms with Gasteiger partial charge in [0.2, 0.25) is 0 Å². The Hall–Kier alpha value is -3.09. The maximum Gasteiger partial charge on any atom is 0.269 e. The van der Waals surface area contributed by atoms with Crippen LogP contribution in [0.1, 0.15) is 30.1 Å². The Morgan fingerprint density at radius 2 is 2.00 bits per heavy atom. The largest absolute Gasteiger partial charge is 0.382 e. The first kappa shape index (κ1) is 20.8. The number of nitrogens with zero attached hydrogens (tertiary/aromatic N) is 3. The number of rotatable bonds is 6. The quantitative estimate of drug-likeness (QED) is 0.264. The Labute approximate surface area is 187 Å². The molecule has 3 aliphatic heterocycles. The molecule has 1 aromatic heterocycles. The molecule has 0 saturated carbocycles.